The molecule has 5 rings (SSSR count). The quantitative estimate of drug-likeness (QED) is 0.469. The number of hydrogen-bond donors (Lipinski definition) is 2. The van der Waals surface area contributed by atoms with Gasteiger partial charge in [-0.25, -0.2) is 0 Å². The molecule has 2 aromatic heterocycles. The molecule has 2 aliphatic heterocycles. The van der Waals surface area contributed by atoms with Gasteiger partial charge in [-0.15, -0.1) is 0 Å². The number of nitrogens with one attached hydrogen (secondary N) is 2. The third kappa shape index (κ3) is 6.61. The first-order valence-electron chi connectivity index (χ1n) is 14.2. The number of likely N-dealkylation sites (tertiary alicyclic amines) is 2. The Morgan fingerprint density at radius 3 is 2.61 bits per heavy atom. The number of allylic oxidation sites excluding steroid dienone is 2. The van der Waals surface area contributed by atoms with Crippen molar-refractivity contribution in [1.29, 1.82) is 0 Å². The molecule has 1 unspecified atom stereocenters. The van der Waals surface area contributed by atoms with Gasteiger partial charge in [0.2, 0.25) is 0 Å². The van der Waals surface area contributed by atoms with Gasteiger partial charge in [0, 0.05) is 42.3 Å². The third-order valence-electron chi connectivity index (χ3n) is 7.89. The first kappa shape index (κ1) is 26.4. The van der Waals surface area contributed by atoms with Crippen molar-refractivity contribution in [3.63, 3.8) is 0 Å². The molecule has 0 aromatic carbocycles. The van der Waals surface area contributed by atoms with Crippen molar-refractivity contribution in [2.24, 2.45) is 0 Å². The smallest absolute Gasteiger partial charge is 0.115 e. The van der Waals surface area contributed by atoms with Gasteiger partial charge in [0.1, 0.15) is 5.69 Å². The van der Waals surface area contributed by atoms with Crippen LogP contribution in [0.5, 0.6) is 0 Å². The van der Waals surface area contributed by atoms with Gasteiger partial charge in [0.05, 0.1) is 11.0 Å². The van der Waals surface area contributed by atoms with Gasteiger partial charge in [-0.1, -0.05) is 49.9 Å². The Kier molecular flexibility index (Phi) is 8.72. The molecule has 200 valence electrons. The molecule has 1 atom stereocenters. The summed E-state index contributed by atoms with van der Waals surface area (Å²) in [6.07, 6.45) is 22.4. The Hall–Kier alpha value is -3.22. The molecule has 0 amide bonds. The summed E-state index contributed by atoms with van der Waals surface area (Å²) in [6.45, 7) is 17.3. The topological polar surface area (TPSA) is 60.1 Å². The molecule has 0 bridgehead atoms. The summed E-state index contributed by atoms with van der Waals surface area (Å²) >= 11 is 0. The molecule has 2 N–H and O–H groups in total. The Labute approximate surface area is 227 Å². The summed E-state index contributed by atoms with van der Waals surface area (Å²) < 4.78 is 0. The van der Waals surface area contributed by atoms with Gasteiger partial charge in [0.25, 0.3) is 0 Å². The molecule has 0 spiro atoms. The van der Waals surface area contributed by atoms with Crippen molar-refractivity contribution < 1.29 is 0 Å². The minimum Gasteiger partial charge on any atom is -0.354 e. The fraction of sp³-hybridized carbons (Fsp3) is 0.438. The lowest BCUT2D eigenvalue weighted by Crippen LogP contribution is -2.30. The SMILES string of the molecule is C=C(/C=C\C(=C/C)NC(=C)c1n[nH]c2c1=CC(c1cncc(CN3CCCCC3)c1)CC=2)CN1CCCC1. The van der Waals surface area contributed by atoms with Crippen LogP contribution in [-0.4, -0.2) is 57.7 Å². The third-order valence-corrected chi connectivity index (χ3v) is 7.89. The van der Waals surface area contributed by atoms with Crippen molar-refractivity contribution >= 4 is 17.8 Å². The maximum atomic E-state index is 4.62. The zero-order valence-electron chi connectivity index (χ0n) is 22.9. The second-order valence-corrected chi connectivity index (χ2v) is 10.9. The van der Waals surface area contributed by atoms with Crippen molar-refractivity contribution in [2.75, 3.05) is 32.7 Å². The molecular weight excluding hydrogens is 468 g/mol. The van der Waals surface area contributed by atoms with E-state index in [1.165, 1.54) is 69.4 Å². The van der Waals surface area contributed by atoms with Gasteiger partial charge >= 0.3 is 0 Å². The van der Waals surface area contributed by atoms with E-state index in [0.29, 0.717) is 0 Å². The van der Waals surface area contributed by atoms with Crippen LogP contribution in [-0.2, 0) is 6.54 Å². The van der Waals surface area contributed by atoms with Crippen LogP contribution in [0.25, 0.3) is 17.8 Å². The molecule has 3 aliphatic rings. The fourth-order valence-electron chi connectivity index (χ4n) is 5.77. The molecule has 38 heavy (non-hydrogen) atoms. The lowest BCUT2D eigenvalue weighted by atomic mass is 9.91. The molecule has 4 heterocycles. The normalized spacial score (nSPS) is 20.7. The molecule has 2 fully saturated rings. The number of hydrogen-bond acceptors (Lipinski definition) is 5. The molecule has 1 aliphatic carbocycles. The molecule has 6 heteroatoms. The van der Waals surface area contributed by atoms with Crippen molar-refractivity contribution in [1.82, 2.24) is 30.3 Å². The van der Waals surface area contributed by atoms with Gasteiger partial charge in [-0.05, 0) is 88.0 Å². The number of rotatable bonds is 10. The summed E-state index contributed by atoms with van der Waals surface area (Å²) in [7, 11) is 0. The highest BCUT2D eigenvalue weighted by Gasteiger charge is 2.17. The minimum atomic E-state index is 0.274. The highest BCUT2D eigenvalue weighted by atomic mass is 15.1. The van der Waals surface area contributed by atoms with E-state index in [1.807, 2.05) is 19.3 Å². The molecule has 0 radical (unpaired) electrons. The van der Waals surface area contributed by atoms with Crippen LogP contribution in [0.1, 0.15) is 68.2 Å². The first-order chi connectivity index (χ1) is 18.6. The lowest BCUT2D eigenvalue weighted by molar-refractivity contribution is 0.220. The second kappa shape index (κ2) is 12.5. The Morgan fingerprint density at radius 2 is 1.82 bits per heavy atom. The van der Waals surface area contributed by atoms with Crippen LogP contribution in [0.15, 0.2) is 61.1 Å². The summed E-state index contributed by atoms with van der Waals surface area (Å²) in [5, 5.41) is 13.5. The summed E-state index contributed by atoms with van der Waals surface area (Å²) in [4.78, 5) is 9.62. The number of aromatic amines is 1. The predicted octanol–water partition coefficient (Wildman–Crippen LogP) is 4.21. The molecule has 2 saturated heterocycles. The monoisotopic (exact) mass is 510 g/mol. The van der Waals surface area contributed by atoms with Gasteiger partial charge in [0.15, 0.2) is 0 Å². The maximum Gasteiger partial charge on any atom is 0.115 e. The Morgan fingerprint density at radius 1 is 1.05 bits per heavy atom. The fourth-order valence-corrected chi connectivity index (χ4v) is 5.77. The van der Waals surface area contributed by atoms with Crippen LogP contribution in [0, 0.1) is 0 Å². The number of H-pyrrole nitrogens is 1. The summed E-state index contributed by atoms with van der Waals surface area (Å²) in [6, 6.07) is 2.34. The molecule has 0 saturated carbocycles. The highest BCUT2D eigenvalue weighted by molar-refractivity contribution is 5.64. The van der Waals surface area contributed by atoms with E-state index in [4.69, 9.17) is 0 Å². The van der Waals surface area contributed by atoms with Gasteiger partial charge in [-0.3, -0.25) is 19.9 Å². The largest absolute Gasteiger partial charge is 0.354 e. The summed E-state index contributed by atoms with van der Waals surface area (Å²) in [5.74, 6) is 0.274. The zero-order chi connectivity index (χ0) is 26.3. The average Bonchev–Trinajstić information content (AvgIpc) is 3.61. The van der Waals surface area contributed by atoms with Crippen LogP contribution in [0.3, 0.4) is 0 Å². The van der Waals surface area contributed by atoms with Crippen molar-refractivity contribution in [3.05, 3.63) is 88.5 Å². The van der Waals surface area contributed by atoms with E-state index >= 15 is 0 Å². The number of fused-ring (bicyclic) bond motifs is 1. The van der Waals surface area contributed by atoms with Gasteiger partial charge in [-0.2, -0.15) is 5.10 Å². The van der Waals surface area contributed by atoms with Crippen LogP contribution >= 0.6 is 0 Å². The van der Waals surface area contributed by atoms with E-state index in [9.17, 15) is 0 Å². The second-order valence-electron chi connectivity index (χ2n) is 10.9. The number of piperidine rings is 1. The number of pyridine rings is 1. The number of aromatic nitrogens is 3. The predicted molar refractivity (Wildman–Crippen MR) is 157 cm³/mol. The maximum absolute atomic E-state index is 4.62. The van der Waals surface area contributed by atoms with Crippen LogP contribution in [0.4, 0.5) is 0 Å². The van der Waals surface area contributed by atoms with Crippen molar-refractivity contribution in [2.45, 2.75) is 57.9 Å². The van der Waals surface area contributed by atoms with E-state index in [-0.39, 0.29) is 5.92 Å². The minimum absolute atomic E-state index is 0.274. The number of nitrogens with zero attached hydrogens (tertiary/aromatic N) is 4. The molecular formula is C32H42N6. The zero-order valence-corrected chi connectivity index (χ0v) is 22.9. The van der Waals surface area contributed by atoms with E-state index in [0.717, 1.165) is 52.7 Å². The summed E-state index contributed by atoms with van der Waals surface area (Å²) in [5.41, 5.74) is 6.33. The van der Waals surface area contributed by atoms with E-state index in [1.54, 1.807) is 0 Å². The molecule has 6 nitrogen and oxygen atoms in total. The van der Waals surface area contributed by atoms with Crippen molar-refractivity contribution in [3.8, 4) is 0 Å². The lowest BCUT2D eigenvalue weighted by Gasteiger charge is -2.26. The Bertz CT molecular complexity index is 1320. The van der Waals surface area contributed by atoms with E-state index in [2.05, 4.69) is 79.9 Å². The average molecular weight is 511 g/mol. The van der Waals surface area contributed by atoms with Gasteiger partial charge < -0.3 is 5.32 Å². The standard InChI is InChI=1S/C32H42N6/c1-4-29(12-10-24(2)22-37-16-8-9-17-37)34-25(3)32-30-19-27(11-13-31(30)35-36-32)28-18-26(20-33-21-28)23-38-14-6-5-7-15-38/h4,10,12-13,18-21,27,34-35H,2-3,5-9,11,14-17,22-23H2,1H3/b12-10-,29-4+. The first-order valence-corrected chi connectivity index (χ1v) is 14.2. The van der Waals surface area contributed by atoms with Crippen LogP contribution in [0.2, 0.25) is 0 Å². The molecule has 2 aromatic rings. The Balaban J connectivity index is 1.27. The van der Waals surface area contributed by atoms with Crippen LogP contribution < -0.4 is 15.9 Å². The highest BCUT2D eigenvalue weighted by Crippen LogP contribution is 2.24. The van der Waals surface area contributed by atoms with E-state index < -0.39 is 0 Å².